The molecule has 2 atom stereocenters. The summed E-state index contributed by atoms with van der Waals surface area (Å²) in [6.45, 7) is 0. The molecule has 1 fully saturated rings. The number of benzene rings is 1. The van der Waals surface area contributed by atoms with Crippen LogP contribution in [-0.2, 0) is 4.74 Å². The first-order valence-corrected chi connectivity index (χ1v) is 6.31. The van der Waals surface area contributed by atoms with E-state index in [1.54, 1.807) is 30.6 Å². The molecule has 2 heterocycles. The van der Waals surface area contributed by atoms with Crippen molar-refractivity contribution in [3.05, 3.63) is 65.2 Å². The van der Waals surface area contributed by atoms with Crippen LogP contribution in [0.3, 0.4) is 0 Å². The van der Waals surface area contributed by atoms with Gasteiger partial charge < -0.3 is 10.1 Å². The first-order chi connectivity index (χ1) is 10.2. The van der Waals surface area contributed by atoms with Crippen LogP contribution in [0.15, 0.2) is 42.7 Å². The lowest BCUT2D eigenvalue weighted by atomic mass is 9.97. The summed E-state index contributed by atoms with van der Waals surface area (Å²) in [5.41, 5.74) is 1.89. The molecule has 0 spiro atoms. The third-order valence-corrected chi connectivity index (χ3v) is 3.27. The van der Waals surface area contributed by atoms with Gasteiger partial charge in [-0.05, 0) is 29.3 Å². The second-order valence-corrected chi connectivity index (χ2v) is 4.65. The second-order valence-electron chi connectivity index (χ2n) is 4.65. The highest BCUT2D eigenvalue weighted by molar-refractivity contribution is 5.71. The number of cyclic esters (lactones) is 1. The number of hydrogen-bond donors (Lipinski definition) is 1. The molecule has 0 bridgehead atoms. The molecule has 3 rings (SSSR count). The molecule has 1 amide bonds. The fourth-order valence-electron chi connectivity index (χ4n) is 2.33. The molecule has 4 nitrogen and oxygen atoms in total. The van der Waals surface area contributed by atoms with Gasteiger partial charge in [0.2, 0.25) is 0 Å². The zero-order valence-corrected chi connectivity index (χ0v) is 10.9. The van der Waals surface area contributed by atoms with Crippen molar-refractivity contribution in [2.45, 2.75) is 12.1 Å². The molecule has 21 heavy (non-hydrogen) atoms. The molecule has 5 heteroatoms. The quantitative estimate of drug-likeness (QED) is 0.862. The summed E-state index contributed by atoms with van der Waals surface area (Å²) in [5, 5.41) is 2.70. The Balaban J connectivity index is 1.99. The van der Waals surface area contributed by atoms with Gasteiger partial charge in [-0.3, -0.25) is 4.98 Å². The van der Waals surface area contributed by atoms with Crippen molar-refractivity contribution in [2.75, 3.05) is 0 Å². The molecule has 1 unspecified atom stereocenters. The van der Waals surface area contributed by atoms with Crippen LogP contribution in [0.2, 0.25) is 0 Å². The van der Waals surface area contributed by atoms with E-state index in [2.05, 4.69) is 16.2 Å². The number of rotatable bonds is 2. The van der Waals surface area contributed by atoms with Crippen LogP contribution < -0.4 is 5.32 Å². The van der Waals surface area contributed by atoms with Crippen LogP contribution in [0.5, 0.6) is 0 Å². The Hall–Kier alpha value is -2.87. The van der Waals surface area contributed by atoms with E-state index in [4.69, 9.17) is 11.2 Å². The van der Waals surface area contributed by atoms with Gasteiger partial charge in [0, 0.05) is 18.0 Å². The summed E-state index contributed by atoms with van der Waals surface area (Å²) in [5.74, 6) is 2.11. The van der Waals surface area contributed by atoms with E-state index < -0.39 is 18.2 Å². The minimum absolute atomic E-state index is 0.385. The van der Waals surface area contributed by atoms with Gasteiger partial charge in [-0.25, -0.2) is 9.18 Å². The maximum atomic E-state index is 13.4. The van der Waals surface area contributed by atoms with Gasteiger partial charge in [-0.15, -0.1) is 6.42 Å². The molecule has 1 saturated heterocycles. The minimum Gasteiger partial charge on any atom is -0.439 e. The van der Waals surface area contributed by atoms with E-state index >= 15 is 0 Å². The van der Waals surface area contributed by atoms with E-state index in [-0.39, 0.29) is 5.82 Å². The van der Waals surface area contributed by atoms with Gasteiger partial charge in [0.15, 0.2) is 6.10 Å². The van der Waals surface area contributed by atoms with Crippen molar-refractivity contribution < 1.29 is 13.9 Å². The highest BCUT2D eigenvalue weighted by Crippen LogP contribution is 2.36. The van der Waals surface area contributed by atoms with Gasteiger partial charge in [0.05, 0.1) is 0 Å². The predicted octanol–water partition coefficient (Wildman–Crippen LogP) is 2.72. The number of terminal acetylenes is 1. The fourth-order valence-corrected chi connectivity index (χ4v) is 2.33. The van der Waals surface area contributed by atoms with Gasteiger partial charge in [-0.2, -0.15) is 0 Å². The van der Waals surface area contributed by atoms with Gasteiger partial charge >= 0.3 is 6.09 Å². The second kappa shape index (κ2) is 5.25. The standard InChI is InChI=1S/C16H11FN2O2/c1-2-10-6-12(9-18-8-10)14-15(21-16(20)19-14)11-4-3-5-13(17)7-11/h1,3-9,14-15H,(H,19,20)/t14-,15?/m1/s1. The summed E-state index contributed by atoms with van der Waals surface area (Å²) >= 11 is 0. The number of nitrogens with one attached hydrogen (secondary N) is 1. The number of carbonyl (C=O) groups excluding carboxylic acids is 1. The highest BCUT2D eigenvalue weighted by atomic mass is 19.1. The maximum Gasteiger partial charge on any atom is 0.408 e. The number of ether oxygens (including phenoxy) is 1. The minimum atomic E-state index is -0.622. The zero-order chi connectivity index (χ0) is 14.8. The van der Waals surface area contributed by atoms with Crippen molar-refractivity contribution in [3.63, 3.8) is 0 Å². The number of amides is 1. The Labute approximate surface area is 121 Å². The van der Waals surface area contributed by atoms with Gasteiger partial charge in [0.25, 0.3) is 0 Å². The monoisotopic (exact) mass is 282 g/mol. The molecule has 104 valence electrons. The first-order valence-electron chi connectivity index (χ1n) is 6.31. The largest absolute Gasteiger partial charge is 0.439 e. The summed E-state index contributed by atoms with van der Waals surface area (Å²) in [6.07, 6.45) is 7.33. The topological polar surface area (TPSA) is 51.2 Å². The van der Waals surface area contributed by atoms with E-state index in [0.29, 0.717) is 16.7 Å². The fraction of sp³-hybridized carbons (Fsp3) is 0.125. The lowest BCUT2D eigenvalue weighted by Crippen LogP contribution is -2.19. The summed E-state index contributed by atoms with van der Waals surface area (Å²) in [4.78, 5) is 15.6. The Morgan fingerprint density at radius 2 is 2.14 bits per heavy atom. The first kappa shape index (κ1) is 13.1. The third-order valence-electron chi connectivity index (χ3n) is 3.27. The Morgan fingerprint density at radius 1 is 1.29 bits per heavy atom. The number of aromatic nitrogens is 1. The molecule has 1 aromatic heterocycles. The smallest absolute Gasteiger partial charge is 0.408 e. The molecule has 1 N–H and O–H groups in total. The van der Waals surface area contributed by atoms with Crippen LogP contribution in [0.4, 0.5) is 9.18 Å². The Kier molecular flexibility index (Phi) is 3.28. The lowest BCUT2D eigenvalue weighted by molar-refractivity contribution is 0.132. The van der Waals surface area contributed by atoms with Crippen molar-refractivity contribution in [3.8, 4) is 12.3 Å². The van der Waals surface area contributed by atoms with Gasteiger partial charge in [0.1, 0.15) is 11.9 Å². The van der Waals surface area contributed by atoms with Crippen molar-refractivity contribution >= 4 is 6.09 Å². The Morgan fingerprint density at radius 3 is 2.90 bits per heavy atom. The summed E-state index contributed by atoms with van der Waals surface area (Å²) in [6, 6.07) is 7.25. The number of halogens is 1. The number of pyridine rings is 1. The van der Waals surface area contributed by atoms with Gasteiger partial charge in [-0.1, -0.05) is 18.1 Å². The summed E-state index contributed by atoms with van der Waals surface area (Å²) < 4.78 is 18.6. The van der Waals surface area contributed by atoms with Crippen LogP contribution in [0.25, 0.3) is 0 Å². The van der Waals surface area contributed by atoms with Crippen LogP contribution in [0, 0.1) is 18.2 Å². The molecule has 1 aliphatic rings. The average molecular weight is 282 g/mol. The maximum absolute atomic E-state index is 13.4. The molecule has 0 aliphatic carbocycles. The molecule has 0 saturated carbocycles. The molecule has 2 aromatic rings. The van der Waals surface area contributed by atoms with Crippen molar-refractivity contribution in [1.82, 2.24) is 10.3 Å². The van der Waals surface area contributed by atoms with Crippen molar-refractivity contribution in [1.29, 1.82) is 0 Å². The number of alkyl carbamates (subject to hydrolysis) is 1. The lowest BCUT2D eigenvalue weighted by Gasteiger charge is -2.17. The van der Waals surface area contributed by atoms with E-state index in [1.807, 2.05) is 0 Å². The SMILES string of the molecule is C#Cc1cncc([C@H]2NC(=O)OC2c2cccc(F)c2)c1. The van der Waals surface area contributed by atoms with Crippen LogP contribution >= 0.6 is 0 Å². The normalized spacial score (nSPS) is 20.5. The molecular formula is C16H11FN2O2. The highest BCUT2D eigenvalue weighted by Gasteiger charge is 2.36. The van der Waals surface area contributed by atoms with Crippen LogP contribution in [-0.4, -0.2) is 11.1 Å². The average Bonchev–Trinajstić information content (AvgIpc) is 2.89. The predicted molar refractivity (Wildman–Crippen MR) is 73.7 cm³/mol. The number of hydrogen-bond acceptors (Lipinski definition) is 3. The number of carbonyl (C=O) groups is 1. The van der Waals surface area contributed by atoms with Crippen molar-refractivity contribution in [2.24, 2.45) is 0 Å². The molecule has 1 aliphatic heterocycles. The number of nitrogens with zero attached hydrogens (tertiary/aromatic N) is 1. The van der Waals surface area contributed by atoms with E-state index in [1.165, 1.54) is 12.1 Å². The van der Waals surface area contributed by atoms with E-state index in [0.717, 1.165) is 0 Å². The molecular weight excluding hydrogens is 271 g/mol. The van der Waals surface area contributed by atoms with E-state index in [9.17, 15) is 9.18 Å². The summed E-state index contributed by atoms with van der Waals surface area (Å²) in [7, 11) is 0. The molecule has 0 radical (unpaired) electrons. The van der Waals surface area contributed by atoms with Crippen LogP contribution in [0.1, 0.15) is 28.8 Å². The third kappa shape index (κ3) is 2.56. The zero-order valence-electron chi connectivity index (χ0n) is 10.9. The Bertz CT molecular complexity index is 739. The molecule has 1 aromatic carbocycles.